The zero-order chi connectivity index (χ0) is 21.4. The molecule has 156 valence electrons. The minimum absolute atomic E-state index is 0.476. The fourth-order valence-electron chi connectivity index (χ4n) is 2.99. The van der Waals surface area contributed by atoms with E-state index in [1.165, 1.54) is 11.3 Å². The van der Waals surface area contributed by atoms with Crippen LogP contribution in [-0.2, 0) is 14.1 Å². The van der Waals surface area contributed by atoms with Crippen molar-refractivity contribution in [1.82, 2.24) is 28.2 Å². The highest BCUT2D eigenvalue weighted by Gasteiger charge is 2.08. The molecule has 4 heterocycles. The molecular weight excluding hydrogens is 348 g/mol. The molecule has 6 nitrogen and oxygen atoms in total. The van der Waals surface area contributed by atoms with Crippen LogP contribution in [0.1, 0.15) is 67.5 Å². The maximum absolute atomic E-state index is 4.30. The van der Waals surface area contributed by atoms with E-state index < -0.39 is 0 Å². The van der Waals surface area contributed by atoms with Gasteiger partial charge in [-0.05, 0) is 39.8 Å². The fourth-order valence-corrected chi connectivity index (χ4v) is 2.99. The Balaban J connectivity index is 0.000000238. The number of aromatic nitrogens is 6. The number of hydrogen-bond acceptors (Lipinski definition) is 2. The number of aryl methyl sites for hydroxylation is 2. The molecule has 6 heteroatoms. The Morgan fingerprint density at radius 3 is 1.64 bits per heavy atom. The van der Waals surface area contributed by atoms with E-state index in [1.807, 2.05) is 66.7 Å². The molecule has 0 unspecified atom stereocenters. The average molecular weight is 387 g/mol. The van der Waals surface area contributed by atoms with Crippen molar-refractivity contribution >= 4 is 22.3 Å². The quantitative estimate of drug-likeness (QED) is 0.426. The van der Waals surface area contributed by atoms with E-state index in [0.717, 1.165) is 11.0 Å². The summed E-state index contributed by atoms with van der Waals surface area (Å²) < 4.78 is 8.55. The lowest BCUT2D eigenvalue weighted by molar-refractivity contribution is 0.605. The first kappa shape index (κ1) is 23.5. The van der Waals surface area contributed by atoms with Gasteiger partial charge in [0, 0.05) is 38.6 Å². The molecule has 0 spiro atoms. The van der Waals surface area contributed by atoms with Crippen LogP contribution < -0.4 is 0 Å². The van der Waals surface area contributed by atoms with Crippen molar-refractivity contribution < 1.29 is 0 Å². The molecule has 28 heavy (non-hydrogen) atoms. The molecule has 0 bridgehead atoms. The van der Waals surface area contributed by atoms with Crippen LogP contribution >= 0.6 is 0 Å². The third kappa shape index (κ3) is 4.86. The number of hydrogen-bond donors (Lipinski definition) is 0. The van der Waals surface area contributed by atoms with Crippen LogP contribution in [0.2, 0.25) is 0 Å². The largest absolute Gasteiger partial charge is 0.336 e. The maximum atomic E-state index is 4.30. The lowest BCUT2D eigenvalue weighted by Crippen LogP contribution is -2.01. The molecule has 0 aliphatic rings. The third-order valence-corrected chi connectivity index (χ3v) is 4.27. The van der Waals surface area contributed by atoms with E-state index in [-0.39, 0.29) is 0 Å². The SMILES string of the molecule is CC.CC.CC(C)n1ccc2ncn(C)c21.CC(C)n1cnc2ccn(C)c21. The summed E-state index contributed by atoms with van der Waals surface area (Å²) in [7, 11) is 4.07. The molecular formula is C22H38N6. The molecule has 0 radical (unpaired) electrons. The summed E-state index contributed by atoms with van der Waals surface area (Å²) in [5, 5.41) is 0. The molecule has 0 amide bonds. The molecule has 4 rings (SSSR count). The van der Waals surface area contributed by atoms with E-state index in [0.29, 0.717) is 12.1 Å². The van der Waals surface area contributed by atoms with Gasteiger partial charge in [-0.15, -0.1) is 0 Å². The summed E-state index contributed by atoms with van der Waals surface area (Å²) >= 11 is 0. The monoisotopic (exact) mass is 386 g/mol. The van der Waals surface area contributed by atoms with Gasteiger partial charge in [0.15, 0.2) is 0 Å². The molecule has 0 saturated carbocycles. The second-order valence-corrected chi connectivity index (χ2v) is 6.76. The van der Waals surface area contributed by atoms with Gasteiger partial charge in [0.25, 0.3) is 0 Å². The van der Waals surface area contributed by atoms with Gasteiger partial charge in [-0.3, -0.25) is 0 Å². The van der Waals surface area contributed by atoms with Crippen LogP contribution in [0.15, 0.2) is 37.2 Å². The van der Waals surface area contributed by atoms with Crippen LogP contribution in [0.5, 0.6) is 0 Å². The van der Waals surface area contributed by atoms with Gasteiger partial charge in [-0.2, -0.15) is 0 Å². The predicted octanol–water partition coefficient (Wildman–Crippen LogP) is 5.96. The molecule has 0 atom stereocenters. The Labute approximate surface area is 169 Å². The number of rotatable bonds is 2. The summed E-state index contributed by atoms with van der Waals surface area (Å²) in [5.74, 6) is 0. The summed E-state index contributed by atoms with van der Waals surface area (Å²) in [4.78, 5) is 8.57. The Bertz CT molecular complexity index is 870. The van der Waals surface area contributed by atoms with Gasteiger partial charge >= 0.3 is 0 Å². The Hall–Kier alpha value is -2.50. The number of nitrogens with zero attached hydrogens (tertiary/aromatic N) is 6. The lowest BCUT2D eigenvalue weighted by Gasteiger charge is -2.08. The van der Waals surface area contributed by atoms with Crippen LogP contribution in [0, 0.1) is 0 Å². The third-order valence-electron chi connectivity index (χ3n) is 4.27. The molecule has 4 aromatic heterocycles. The van der Waals surface area contributed by atoms with Crippen LogP contribution in [0.25, 0.3) is 22.3 Å². The topological polar surface area (TPSA) is 45.5 Å². The second kappa shape index (κ2) is 10.7. The van der Waals surface area contributed by atoms with Gasteiger partial charge in [-0.25, -0.2) is 9.97 Å². The minimum atomic E-state index is 0.476. The maximum Gasteiger partial charge on any atom is 0.140 e. The molecule has 0 N–H and O–H groups in total. The van der Waals surface area contributed by atoms with Crippen molar-refractivity contribution in [2.45, 2.75) is 67.5 Å². The second-order valence-electron chi connectivity index (χ2n) is 6.76. The van der Waals surface area contributed by atoms with E-state index in [4.69, 9.17) is 0 Å². The summed E-state index contributed by atoms with van der Waals surface area (Å²) in [5.41, 5.74) is 4.55. The average Bonchev–Trinajstić information content (AvgIpc) is 3.44. The Morgan fingerprint density at radius 1 is 0.643 bits per heavy atom. The van der Waals surface area contributed by atoms with Gasteiger partial charge in [-0.1, -0.05) is 27.7 Å². The first-order valence-corrected chi connectivity index (χ1v) is 10.4. The molecule has 0 aliphatic heterocycles. The van der Waals surface area contributed by atoms with Crippen molar-refractivity contribution in [1.29, 1.82) is 0 Å². The van der Waals surface area contributed by atoms with Crippen LogP contribution in [0.4, 0.5) is 0 Å². The van der Waals surface area contributed by atoms with Gasteiger partial charge < -0.3 is 18.3 Å². The standard InChI is InChI=1S/2C9H13N3.2C2H6/c1-7(2)12-5-4-8-9(12)11(3)6-10-8;1-7(2)12-6-10-8-4-5-11(3)9(8)12;2*1-2/h2*4-7H,1-3H3;2*1-2H3. The smallest absolute Gasteiger partial charge is 0.140 e. The Morgan fingerprint density at radius 2 is 1.11 bits per heavy atom. The zero-order valence-corrected chi connectivity index (χ0v) is 19.3. The van der Waals surface area contributed by atoms with Crippen molar-refractivity contribution in [3.05, 3.63) is 37.2 Å². The van der Waals surface area contributed by atoms with Gasteiger partial charge in [0.05, 0.1) is 12.7 Å². The summed E-state index contributed by atoms with van der Waals surface area (Å²) in [6.45, 7) is 16.7. The normalized spacial score (nSPS) is 10.4. The molecule has 0 aromatic carbocycles. The highest BCUT2D eigenvalue weighted by atomic mass is 15.2. The van der Waals surface area contributed by atoms with Crippen molar-refractivity contribution in [3.63, 3.8) is 0 Å². The Kier molecular flexibility index (Phi) is 9.03. The number of imidazole rings is 2. The van der Waals surface area contributed by atoms with Gasteiger partial charge in [0.1, 0.15) is 22.3 Å². The predicted molar refractivity (Wildman–Crippen MR) is 121 cm³/mol. The first-order chi connectivity index (χ1) is 13.4. The highest BCUT2D eigenvalue weighted by molar-refractivity contribution is 5.73. The van der Waals surface area contributed by atoms with E-state index >= 15 is 0 Å². The molecule has 0 saturated heterocycles. The molecule has 0 fully saturated rings. The fraction of sp³-hybridized carbons (Fsp3) is 0.545. The van der Waals surface area contributed by atoms with E-state index in [1.54, 1.807) is 0 Å². The number of fused-ring (bicyclic) bond motifs is 2. The first-order valence-electron chi connectivity index (χ1n) is 10.4. The van der Waals surface area contributed by atoms with Crippen molar-refractivity contribution in [3.8, 4) is 0 Å². The van der Waals surface area contributed by atoms with Crippen molar-refractivity contribution in [2.75, 3.05) is 0 Å². The molecule has 4 aromatic rings. The highest BCUT2D eigenvalue weighted by Crippen LogP contribution is 2.18. The summed E-state index contributed by atoms with van der Waals surface area (Å²) in [6.07, 6.45) is 7.87. The van der Waals surface area contributed by atoms with E-state index in [2.05, 4.69) is 68.2 Å². The summed E-state index contributed by atoms with van der Waals surface area (Å²) in [6, 6.07) is 5.06. The van der Waals surface area contributed by atoms with Crippen molar-refractivity contribution in [2.24, 2.45) is 14.1 Å². The van der Waals surface area contributed by atoms with Gasteiger partial charge in [0.2, 0.25) is 0 Å². The molecule has 0 aliphatic carbocycles. The minimum Gasteiger partial charge on any atom is -0.336 e. The van der Waals surface area contributed by atoms with Crippen LogP contribution in [0.3, 0.4) is 0 Å². The van der Waals surface area contributed by atoms with E-state index in [9.17, 15) is 0 Å². The lowest BCUT2D eigenvalue weighted by atomic mass is 10.4. The zero-order valence-electron chi connectivity index (χ0n) is 19.3. The van der Waals surface area contributed by atoms with Crippen LogP contribution in [-0.4, -0.2) is 28.2 Å².